The lowest BCUT2D eigenvalue weighted by atomic mass is 9.76. The minimum Gasteiger partial charge on any atom is -0.375 e. The van der Waals surface area contributed by atoms with Crippen molar-refractivity contribution in [3.63, 3.8) is 0 Å². The van der Waals surface area contributed by atoms with E-state index in [0.717, 1.165) is 30.5 Å². The SMILES string of the molecule is CNC[C@H]1CC[C@@H]2[C@H](O1)c1cc(Cl)cc(F)c1N[C@H]2c1ccccc1. The van der Waals surface area contributed by atoms with Crippen molar-refractivity contribution in [2.24, 2.45) is 5.92 Å². The Bertz CT molecular complexity index is 755. The zero-order valence-electron chi connectivity index (χ0n) is 14.1. The van der Waals surface area contributed by atoms with Crippen LogP contribution in [0.4, 0.5) is 10.1 Å². The van der Waals surface area contributed by atoms with Gasteiger partial charge in [0.1, 0.15) is 5.82 Å². The van der Waals surface area contributed by atoms with Gasteiger partial charge in [-0.2, -0.15) is 0 Å². The van der Waals surface area contributed by atoms with Crippen LogP contribution in [0.25, 0.3) is 0 Å². The van der Waals surface area contributed by atoms with Crippen LogP contribution in [0.2, 0.25) is 5.02 Å². The molecule has 2 aliphatic heterocycles. The quantitative estimate of drug-likeness (QED) is 0.832. The lowest BCUT2D eigenvalue weighted by Crippen LogP contribution is -2.41. The minimum atomic E-state index is -0.318. The molecule has 0 aliphatic carbocycles. The molecule has 0 bridgehead atoms. The molecule has 132 valence electrons. The highest BCUT2D eigenvalue weighted by molar-refractivity contribution is 6.30. The van der Waals surface area contributed by atoms with Gasteiger partial charge in [-0.3, -0.25) is 0 Å². The van der Waals surface area contributed by atoms with Crippen LogP contribution in [-0.2, 0) is 4.74 Å². The van der Waals surface area contributed by atoms with Gasteiger partial charge in [0.15, 0.2) is 0 Å². The zero-order valence-corrected chi connectivity index (χ0v) is 14.9. The Morgan fingerprint density at radius 3 is 2.80 bits per heavy atom. The van der Waals surface area contributed by atoms with Crippen LogP contribution in [0, 0.1) is 11.7 Å². The number of hydrogen-bond acceptors (Lipinski definition) is 3. The van der Waals surface area contributed by atoms with Crippen LogP contribution in [0.1, 0.15) is 36.1 Å². The van der Waals surface area contributed by atoms with Crippen LogP contribution in [-0.4, -0.2) is 19.7 Å². The van der Waals surface area contributed by atoms with Gasteiger partial charge in [0.05, 0.1) is 23.9 Å². The molecular formula is C20H22ClFN2O. The van der Waals surface area contributed by atoms with E-state index in [4.69, 9.17) is 16.3 Å². The highest BCUT2D eigenvalue weighted by Crippen LogP contribution is 2.51. The normalized spacial score (nSPS) is 28.0. The van der Waals surface area contributed by atoms with Crippen LogP contribution in [0.15, 0.2) is 42.5 Å². The topological polar surface area (TPSA) is 33.3 Å². The molecule has 1 saturated heterocycles. The summed E-state index contributed by atoms with van der Waals surface area (Å²) in [7, 11) is 1.93. The first kappa shape index (κ1) is 16.8. The maximum atomic E-state index is 14.6. The smallest absolute Gasteiger partial charge is 0.148 e. The molecule has 3 nitrogen and oxygen atoms in total. The molecule has 0 unspecified atom stereocenters. The van der Waals surface area contributed by atoms with Gasteiger partial charge < -0.3 is 15.4 Å². The Hall–Kier alpha value is -1.62. The molecule has 2 aromatic rings. The highest BCUT2D eigenvalue weighted by atomic mass is 35.5. The van der Waals surface area contributed by atoms with E-state index in [0.29, 0.717) is 10.7 Å². The average Bonchev–Trinajstić information content (AvgIpc) is 2.62. The molecule has 0 spiro atoms. The number of rotatable bonds is 3. The van der Waals surface area contributed by atoms with Crippen molar-refractivity contribution < 1.29 is 9.13 Å². The van der Waals surface area contributed by atoms with Gasteiger partial charge in [-0.15, -0.1) is 0 Å². The predicted octanol–water partition coefficient (Wildman–Crippen LogP) is 4.70. The molecule has 0 amide bonds. The third kappa shape index (κ3) is 3.14. The average molecular weight is 361 g/mol. The first-order chi connectivity index (χ1) is 12.2. The number of ether oxygens (including phenoxy) is 1. The van der Waals surface area contributed by atoms with E-state index >= 15 is 0 Å². The van der Waals surface area contributed by atoms with Crippen molar-refractivity contribution in [3.8, 4) is 0 Å². The minimum absolute atomic E-state index is 0.0323. The van der Waals surface area contributed by atoms with Gasteiger partial charge in [-0.05, 0) is 37.6 Å². The summed E-state index contributed by atoms with van der Waals surface area (Å²) < 4.78 is 21.0. The summed E-state index contributed by atoms with van der Waals surface area (Å²) >= 11 is 6.13. The summed E-state index contributed by atoms with van der Waals surface area (Å²) in [5.41, 5.74) is 2.51. The fourth-order valence-corrected chi connectivity index (χ4v) is 4.37. The van der Waals surface area contributed by atoms with E-state index in [9.17, 15) is 4.39 Å². The predicted molar refractivity (Wildman–Crippen MR) is 98.5 cm³/mol. The standard InChI is InChI=1S/C20H22ClFN2O/c1-23-11-14-7-8-15-18(12-5-3-2-4-6-12)24-19-16(20(15)25-14)9-13(21)10-17(19)22/h2-6,9-10,14-15,18,20,23-24H,7-8,11H2,1H3/t14-,15+,18+,20+/m1/s1. The third-order valence-corrected chi connectivity index (χ3v) is 5.48. The van der Waals surface area contributed by atoms with Gasteiger partial charge in [-0.1, -0.05) is 41.9 Å². The fraction of sp³-hybridized carbons (Fsp3) is 0.400. The van der Waals surface area contributed by atoms with Gasteiger partial charge in [0.25, 0.3) is 0 Å². The van der Waals surface area contributed by atoms with Crippen molar-refractivity contribution >= 4 is 17.3 Å². The number of hydrogen-bond donors (Lipinski definition) is 2. The summed E-state index contributed by atoms with van der Waals surface area (Å²) in [5, 5.41) is 7.02. The zero-order chi connectivity index (χ0) is 17.4. The van der Waals surface area contributed by atoms with E-state index in [2.05, 4.69) is 22.8 Å². The van der Waals surface area contributed by atoms with Crippen molar-refractivity contribution in [3.05, 3.63) is 64.4 Å². The van der Waals surface area contributed by atoms with Crippen LogP contribution >= 0.6 is 11.6 Å². The first-order valence-corrected chi connectivity index (χ1v) is 9.15. The molecule has 0 saturated carbocycles. The molecule has 2 heterocycles. The molecular weight excluding hydrogens is 339 g/mol. The Balaban J connectivity index is 1.77. The van der Waals surface area contributed by atoms with Gasteiger partial charge >= 0.3 is 0 Å². The molecule has 5 heteroatoms. The lowest BCUT2D eigenvalue weighted by molar-refractivity contribution is -0.0912. The van der Waals surface area contributed by atoms with Crippen molar-refractivity contribution in [1.29, 1.82) is 0 Å². The second-order valence-corrected chi connectivity index (χ2v) is 7.30. The molecule has 0 radical (unpaired) electrons. The van der Waals surface area contributed by atoms with Crippen molar-refractivity contribution in [2.75, 3.05) is 18.9 Å². The summed E-state index contributed by atoms with van der Waals surface area (Å²) in [6.45, 7) is 0.797. The van der Waals surface area contributed by atoms with Crippen molar-refractivity contribution in [2.45, 2.75) is 31.1 Å². The Kier molecular flexibility index (Phi) is 4.67. The Morgan fingerprint density at radius 2 is 2.04 bits per heavy atom. The molecule has 2 aliphatic rings. The molecule has 0 aromatic heterocycles. The highest BCUT2D eigenvalue weighted by Gasteiger charge is 2.43. The summed E-state index contributed by atoms with van der Waals surface area (Å²) in [5.74, 6) is -0.0675. The molecule has 2 N–H and O–H groups in total. The second-order valence-electron chi connectivity index (χ2n) is 6.86. The Morgan fingerprint density at radius 1 is 1.24 bits per heavy atom. The molecule has 25 heavy (non-hydrogen) atoms. The third-order valence-electron chi connectivity index (χ3n) is 5.26. The second kappa shape index (κ2) is 6.94. The van der Waals surface area contributed by atoms with Crippen LogP contribution in [0.3, 0.4) is 0 Å². The number of nitrogens with one attached hydrogen (secondary N) is 2. The maximum absolute atomic E-state index is 14.6. The van der Waals surface area contributed by atoms with E-state index in [1.165, 1.54) is 6.07 Å². The molecule has 4 rings (SSSR count). The Labute approximate surface area is 152 Å². The van der Waals surface area contributed by atoms with Gasteiger partial charge in [0.2, 0.25) is 0 Å². The number of halogens is 2. The first-order valence-electron chi connectivity index (χ1n) is 8.78. The molecule has 4 atom stereocenters. The number of anilines is 1. The molecule has 2 aromatic carbocycles. The maximum Gasteiger partial charge on any atom is 0.148 e. The van der Waals surface area contributed by atoms with E-state index in [-0.39, 0.29) is 30.0 Å². The van der Waals surface area contributed by atoms with Crippen molar-refractivity contribution in [1.82, 2.24) is 5.32 Å². The summed E-state index contributed by atoms with van der Waals surface area (Å²) in [6.07, 6.45) is 2.00. The van der Waals surface area contributed by atoms with Crippen LogP contribution in [0.5, 0.6) is 0 Å². The summed E-state index contributed by atoms with van der Waals surface area (Å²) in [6, 6.07) is 13.5. The number of benzene rings is 2. The largest absolute Gasteiger partial charge is 0.375 e. The van der Waals surface area contributed by atoms with Crippen LogP contribution < -0.4 is 10.6 Å². The van der Waals surface area contributed by atoms with E-state index in [1.54, 1.807) is 0 Å². The monoisotopic (exact) mass is 360 g/mol. The molecule has 1 fully saturated rings. The van der Waals surface area contributed by atoms with Gasteiger partial charge in [-0.25, -0.2) is 4.39 Å². The summed E-state index contributed by atoms with van der Waals surface area (Å²) in [4.78, 5) is 0. The number of fused-ring (bicyclic) bond motifs is 3. The fourth-order valence-electron chi connectivity index (χ4n) is 4.15. The van der Waals surface area contributed by atoms with Gasteiger partial charge in [0, 0.05) is 23.0 Å². The number of likely N-dealkylation sites (N-methyl/N-ethyl adjacent to an activating group) is 1. The lowest BCUT2D eigenvalue weighted by Gasteiger charge is -2.45. The van der Waals surface area contributed by atoms with E-state index in [1.807, 2.05) is 31.3 Å². The van der Waals surface area contributed by atoms with E-state index < -0.39 is 0 Å².